The molecular weight excluding hydrogens is 316 g/mol. The van der Waals surface area contributed by atoms with E-state index < -0.39 is 0 Å². The first-order chi connectivity index (χ1) is 8.56. The third-order valence-electron chi connectivity index (χ3n) is 3.11. The smallest absolute Gasteiger partial charge is 0.252 e. The van der Waals surface area contributed by atoms with Crippen LogP contribution in [0.4, 0.5) is 0 Å². The molecule has 4 nitrogen and oxygen atoms in total. The Balaban J connectivity index is 1.85. The molecule has 1 aliphatic rings. The van der Waals surface area contributed by atoms with E-state index in [1.807, 2.05) is 16.3 Å². The van der Waals surface area contributed by atoms with E-state index in [2.05, 4.69) is 21.2 Å². The first-order valence-electron chi connectivity index (χ1n) is 5.86. The van der Waals surface area contributed by atoms with E-state index in [-0.39, 0.29) is 17.9 Å². The number of hydrogen-bond acceptors (Lipinski definition) is 3. The summed E-state index contributed by atoms with van der Waals surface area (Å²) in [5.74, 6) is 0.0831. The number of carbonyl (C=O) groups excluding carboxylic acids is 2. The van der Waals surface area contributed by atoms with E-state index in [1.54, 1.807) is 6.92 Å². The SMILES string of the molecule is CC(=O)N1CCC(NC(=O)c2csc(Br)c2)CC1. The number of carbonyl (C=O) groups is 2. The Kier molecular flexibility index (Phi) is 4.40. The number of rotatable bonds is 2. The van der Waals surface area contributed by atoms with Crippen LogP contribution in [0.1, 0.15) is 30.1 Å². The highest BCUT2D eigenvalue weighted by Gasteiger charge is 2.22. The van der Waals surface area contributed by atoms with Crippen molar-refractivity contribution in [3.8, 4) is 0 Å². The minimum absolute atomic E-state index is 0.0294. The number of likely N-dealkylation sites (tertiary alicyclic amines) is 1. The summed E-state index contributed by atoms with van der Waals surface area (Å²) in [5.41, 5.74) is 0.695. The van der Waals surface area contributed by atoms with Crippen molar-refractivity contribution in [3.05, 3.63) is 20.8 Å². The maximum atomic E-state index is 11.9. The molecule has 0 radical (unpaired) electrons. The van der Waals surface area contributed by atoms with Crippen LogP contribution >= 0.6 is 27.3 Å². The number of halogens is 1. The summed E-state index contributed by atoms with van der Waals surface area (Å²) in [6.45, 7) is 3.04. The van der Waals surface area contributed by atoms with Crippen molar-refractivity contribution in [2.75, 3.05) is 13.1 Å². The highest BCUT2D eigenvalue weighted by Crippen LogP contribution is 2.21. The standard InChI is InChI=1S/C12H15BrN2O2S/c1-8(16)15-4-2-10(3-5-15)14-12(17)9-6-11(13)18-7-9/h6-7,10H,2-5H2,1H3,(H,14,17). The van der Waals surface area contributed by atoms with Crippen LogP contribution in [0.3, 0.4) is 0 Å². The number of thiophene rings is 1. The van der Waals surface area contributed by atoms with Crippen LogP contribution in [0.2, 0.25) is 0 Å². The van der Waals surface area contributed by atoms with Gasteiger partial charge in [-0.25, -0.2) is 0 Å². The number of hydrogen-bond donors (Lipinski definition) is 1. The van der Waals surface area contributed by atoms with Gasteiger partial charge in [0.05, 0.1) is 9.35 Å². The van der Waals surface area contributed by atoms with Gasteiger partial charge in [-0.2, -0.15) is 0 Å². The molecule has 0 bridgehead atoms. The number of amides is 2. The molecule has 0 aromatic carbocycles. The molecule has 2 rings (SSSR count). The zero-order valence-corrected chi connectivity index (χ0v) is 12.5. The number of nitrogens with zero attached hydrogens (tertiary/aromatic N) is 1. The minimum Gasteiger partial charge on any atom is -0.349 e. The van der Waals surface area contributed by atoms with Gasteiger partial charge in [-0.3, -0.25) is 9.59 Å². The van der Waals surface area contributed by atoms with Gasteiger partial charge in [-0.15, -0.1) is 11.3 Å². The first kappa shape index (κ1) is 13.5. The molecule has 0 unspecified atom stereocenters. The zero-order chi connectivity index (χ0) is 13.1. The van der Waals surface area contributed by atoms with Crippen molar-refractivity contribution < 1.29 is 9.59 Å². The molecule has 1 fully saturated rings. The molecule has 18 heavy (non-hydrogen) atoms. The predicted molar refractivity (Wildman–Crippen MR) is 74.8 cm³/mol. The van der Waals surface area contributed by atoms with Gasteiger partial charge in [0.15, 0.2) is 0 Å². The van der Waals surface area contributed by atoms with Crippen LogP contribution in [0.5, 0.6) is 0 Å². The molecule has 6 heteroatoms. The van der Waals surface area contributed by atoms with Crippen molar-refractivity contribution in [1.82, 2.24) is 10.2 Å². The molecule has 0 spiro atoms. The predicted octanol–water partition coefficient (Wildman–Crippen LogP) is 2.25. The van der Waals surface area contributed by atoms with Crippen molar-refractivity contribution in [2.45, 2.75) is 25.8 Å². The average Bonchev–Trinajstić information content (AvgIpc) is 2.76. The Morgan fingerprint density at radius 1 is 1.44 bits per heavy atom. The Hall–Kier alpha value is -0.880. The molecular formula is C12H15BrN2O2S. The molecule has 1 N–H and O–H groups in total. The van der Waals surface area contributed by atoms with E-state index in [0.29, 0.717) is 5.56 Å². The highest BCUT2D eigenvalue weighted by atomic mass is 79.9. The maximum absolute atomic E-state index is 11.9. The fourth-order valence-corrected chi connectivity index (χ4v) is 3.17. The largest absolute Gasteiger partial charge is 0.349 e. The topological polar surface area (TPSA) is 49.4 Å². The molecule has 0 aliphatic carbocycles. The van der Waals surface area contributed by atoms with Gasteiger partial charge in [-0.05, 0) is 34.8 Å². The van der Waals surface area contributed by atoms with Crippen molar-refractivity contribution in [2.24, 2.45) is 0 Å². The van der Waals surface area contributed by atoms with Gasteiger partial charge in [-0.1, -0.05) is 0 Å². The third-order valence-corrected chi connectivity index (χ3v) is 4.61. The molecule has 2 amide bonds. The van der Waals surface area contributed by atoms with Crippen LogP contribution in [-0.2, 0) is 4.79 Å². The second kappa shape index (κ2) is 5.84. The fraction of sp³-hybridized carbons (Fsp3) is 0.500. The van der Waals surface area contributed by atoms with Crippen LogP contribution in [0, 0.1) is 0 Å². The first-order valence-corrected chi connectivity index (χ1v) is 7.54. The zero-order valence-electron chi connectivity index (χ0n) is 10.1. The molecule has 1 aromatic heterocycles. The quantitative estimate of drug-likeness (QED) is 0.904. The number of piperidine rings is 1. The highest BCUT2D eigenvalue weighted by molar-refractivity contribution is 9.11. The summed E-state index contributed by atoms with van der Waals surface area (Å²) < 4.78 is 0.957. The lowest BCUT2D eigenvalue weighted by Gasteiger charge is -2.31. The normalized spacial score (nSPS) is 16.7. The van der Waals surface area contributed by atoms with Crippen LogP contribution < -0.4 is 5.32 Å². The van der Waals surface area contributed by atoms with Crippen molar-refractivity contribution in [3.63, 3.8) is 0 Å². The summed E-state index contributed by atoms with van der Waals surface area (Å²) >= 11 is 4.85. The van der Waals surface area contributed by atoms with Crippen LogP contribution in [0.25, 0.3) is 0 Å². The van der Waals surface area contributed by atoms with Gasteiger partial charge >= 0.3 is 0 Å². The molecule has 1 aromatic rings. The lowest BCUT2D eigenvalue weighted by Crippen LogP contribution is -2.45. The number of nitrogens with one attached hydrogen (secondary N) is 1. The maximum Gasteiger partial charge on any atom is 0.252 e. The molecule has 2 heterocycles. The van der Waals surface area contributed by atoms with E-state index in [9.17, 15) is 9.59 Å². The van der Waals surface area contributed by atoms with E-state index in [1.165, 1.54) is 11.3 Å². The van der Waals surface area contributed by atoms with E-state index >= 15 is 0 Å². The average molecular weight is 331 g/mol. The monoisotopic (exact) mass is 330 g/mol. The Labute approximate surface area is 118 Å². The van der Waals surface area contributed by atoms with E-state index in [0.717, 1.165) is 29.7 Å². The molecule has 1 saturated heterocycles. The molecule has 98 valence electrons. The molecule has 0 atom stereocenters. The summed E-state index contributed by atoms with van der Waals surface area (Å²) in [6, 6.07) is 2.00. The van der Waals surface area contributed by atoms with E-state index in [4.69, 9.17) is 0 Å². The Morgan fingerprint density at radius 3 is 2.61 bits per heavy atom. The molecule has 1 aliphatic heterocycles. The van der Waals surface area contributed by atoms with Gasteiger partial charge in [0.25, 0.3) is 5.91 Å². The summed E-state index contributed by atoms with van der Waals surface area (Å²) in [7, 11) is 0. The van der Waals surface area contributed by atoms with Gasteiger partial charge in [0.1, 0.15) is 0 Å². The summed E-state index contributed by atoms with van der Waals surface area (Å²) in [4.78, 5) is 24.9. The Bertz CT molecular complexity index is 453. The summed E-state index contributed by atoms with van der Waals surface area (Å²) in [5, 5.41) is 4.85. The van der Waals surface area contributed by atoms with Crippen LogP contribution in [-0.4, -0.2) is 35.8 Å². The van der Waals surface area contributed by atoms with Gasteiger partial charge in [0.2, 0.25) is 5.91 Å². The van der Waals surface area contributed by atoms with Crippen LogP contribution in [0.15, 0.2) is 15.2 Å². The lowest BCUT2D eigenvalue weighted by molar-refractivity contribution is -0.129. The second-order valence-corrected chi connectivity index (χ2v) is 6.68. The third kappa shape index (κ3) is 3.32. The van der Waals surface area contributed by atoms with Gasteiger partial charge < -0.3 is 10.2 Å². The van der Waals surface area contributed by atoms with Gasteiger partial charge in [0, 0.05) is 31.4 Å². The fourth-order valence-electron chi connectivity index (χ4n) is 2.04. The van der Waals surface area contributed by atoms with Crippen molar-refractivity contribution in [1.29, 1.82) is 0 Å². The summed E-state index contributed by atoms with van der Waals surface area (Å²) in [6.07, 6.45) is 1.66. The Morgan fingerprint density at radius 2 is 2.11 bits per heavy atom. The molecule has 0 saturated carbocycles. The van der Waals surface area contributed by atoms with Crippen molar-refractivity contribution >= 4 is 39.1 Å². The minimum atomic E-state index is -0.0294. The second-order valence-electron chi connectivity index (χ2n) is 4.39. The lowest BCUT2D eigenvalue weighted by atomic mass is 10.0.